The first-order valence-corrected chi connectivity index (χ1v) is 12.6. The molecule has 0 bridgehead atoms. The number of ether oxygens (including phenoxy) is 4. The molecule has 3 aromatic carbocycles. The van der Waals surface area contributed by atoms with E-state index in [0.29, 0.717) is 59.0 Å². The Morgan fingerprint density at radius 3 is 2.39 bits per heavy atom. The number of amides is 1. The van der Waals surface area contributed by atoms with E-state index in [2.05, 4.69) is 10.4 Å². The zero-order valence-corrected chi connectivity index (χ0v) is 22.3. The van der Waals surface area contributed by atoms with Gasteiger partial charge in [0.1, 0.15) is 18.1 Å². The largest absolute Gasteiger partial charge is 0.496 e. The van der Waals surface area contributed by atoms with Gasteiger partial charge in [-0.3, -0.25) is 9.48 Å². The first-order valence-electron chi connectivity index (χ1n) is 12.3. The zero-order valence-electron chi connectivity index (χ0n) is 21.6. The van der Waals surface area contributed by atoms with Gasteiger partial charge in [0, 0.05) is 22.3 Å². The lowest BCUT2D eigenvalue weighted by atomic mass is 10.1. The summed E-state index contributed by atoms with van der Waals surface area (Å²) in [5, 5.41) is 7.92. The Morgan fingerprint density at radius 1 is 0.921 bits per heavy atom. The molecule has 1 amide bonds. The van der Waals surface area contributed by atoms with E-state index < -0.39 is 0 Å². The lowest BCUT2D eigenvalue weighted by molar-refractivity contribution is 0.102. The molecule has 4 aromatic rings. The summed E-state index contributed by atoms with van der Waals surface area (Å²) < 4.78 is 24.4. The summed E-state index contributed by atoms with van der Waals surface area (Å²) in [6.45, 7) is 5.72. The molecule has 0 aliphatic rings. The highest BCUT2D eigenvalue weighted by atomic mass is 35.5. The van der Waals surface area contributed by atoms with E-state index in [9.17, 15) is 4.79 Å². The maximum absolute atomic E-state index is 13.0. The Bertz CT molecular complexity index is 1370. The van der Waals surface area contributed by atoms with Crippen molar-refractivity contribution < 1.29 is 23.7 Å². The summed E-state index contributed by atoms with van der Waals surface area (Å²) in [6.07, 6.45) is 3.40. The van der Waals surface area contributed by atoms with Crippen molar-refractivity contribution in [2.24, 2.45) is 0 Å². The second-order valence-corrected chi connectivity index (χ2v) is 8.73. The van der Waals surface area contributed by atoms with Gasteiger partial charge < -0.3 is 24.3 Å². The van der Waals surface area contributed by atoms with Crippen LogP contribution in [-0.2, 0) is 13.2 Å². The van der Waals surface area contributed by atoms with Crippen molar-refractivity contribution in [3.05, 3.63) is 94.8 Å². The van der Waals surface area contributed by atoms with Crippen LogP contribution >= 0.6 is 11.6 Å². The van der Waals surface area contributed by atoms with Crippen molar-refractivity contribution in [3.8, 4) is 23.0 Å². The van der Waals surface area contributed by atoms with Gasteiger partial charge in [-0.05, 0) is 74.0 Å². The van der Waals surface area contributed by atoms with Crippen molar-refractivity contribution in [3.63, 3.8) is 0 Å². The van der Waals surface area contributed by atoms with E-state index in [-0.39, 0.29) is 12.5 Å². The molecule has 0 saturated carbocycles. The predicted octanol–water partition coefficient (Wildman–Crippen LogP) is 6.22. The predicted molar refractivity (Wildman–Crippen MR) is 147 cm³/mol. The third kappa shape index (κ3) is 6.98. The fourth-order valence-electron chi connectivity index (χ4n) is 3.82. The Kier molecular flexibility index (Phi) is 9.11. The van der Waals surface area contributed by atoms with Crippen LogP contribution in [0.5, 0.6) is 23.0 Å². The molecule has 0 atom stereocenters. The van der Waals surface area contributed by atoms with Gasteiger partial charge in [0.05, 0.1) is 38.8 Å². The molecular weight excluding hydrogens is 506 g/mol. The number of hydrogen-bond acceptors (Lipinski definition) is 6. The van der Waals surface area contributed by atoms with Crippen molar-refractivity contribution in [1.29, 1.82) is 0 Å². The Balaban J connectivity index is 1.42. The molecule has 1 aromatic heterocycles. The lowest BCUT2D eigenvalue weighted by Gasteiger charge is -2.12. The van der Waals surface area contributed by atoms with Crippen molar-refractivity contribution >= 4 is 23.2 Å². The van der Waals surface area contributed by atoms with Crippen LogP contribution in [0.4, 0.5) is 5.69 Å². The molecule has 4 rings (SSSR count). The van der Waals surface area contributed by atoms with E-state index in [0.717, 1.165) is 11.1 Å². The first-order chi connectivity index (χ1) is 18.5. The van der Waals surface area contributed by atoms with Crippen LogP contribution in [0, 0.1) is 0 Å². The van der Waals surface area contributed by atoms with Crippen molar-refractivity contribution in [2.75, 3.05) is 25.6 Å². The second-order valence-electron chi connectivity index (χ2n) is 8.30. The topological polar surface area (TPSA) is 83.8 Å². The summed E-state index contributed by atoms with van der Waals surface area (Å²) >= 11 is 5.94. The smallest absolute Gasteiger partial charge is 0.255 e. The molecule has 0 saturated heterocycles. The molecule has 0 radical (unpaired) electrons. The van der Waals surface area contributed by atoms with Gasteiger partial charge in [-0.25, -0.2) is 0 Å². The molecule has 198 valence electrons. The first kappa shape index (κ1) is 26.9. The Morgan fingerprint density at radius 2 is 1.66 bits per heavy atom. The quantitative estimate of drug-likeness (QED) is 0.232. The maximum Gasteiger partial charge on any atom is 0.255 e. The molecule has 1 heterocycles. The summed E-state index contributed by atoms with van der Waals surface area (Å²) in [4.78, 5) is 13.0. The third-order valence-corrected chi connectivity index (χ3v) is 5.85. The maximum atomic E-state index is 13.0. The number of anilines is 1. The van der Waals surface area contributed by atoms with Crippen LogP contribution in [0.1, 0.15) is 35.3 Å². The Hall–Kier alpha value is -4.17. The lowest BCUT2D eigenvalue weighted by Crippen LogP contribution is -2.12. The van der Waals surface area contributed by atoms with E-state index in [1.165, 1.54) is 0 Å². The van der Waals surface area contributed by atoms with Crippen LogP contribution in [0.2, 0.25) is 5.02 Å². The number of nitrogens with one attached hydrogen (secondary N) is 1. The fraction of sp³-hybridized carbons (Fsp3) is 0.241. The molecule has 0 aliphatic heterocycles. The van der Waals surface area contributed by atoms with Gasteiger partial charge in [-0.2, -0.15) is 5.10 Å². The SMILES string of the molecule is CCOc1ccc(Cn2cc(NC(=O)c3ccc(OC)c(COc4ccc(Cl)cc4)c3)cn2)cc1OCC. The Labute approximate surface area is 227 Å². The molecule has 0 fully saturated rings. The minimum Gasteiger partial charge on any atom is -0.496 e. The van der Waals surface area contributed by atoms with Gasteiger partial charge in [-0.15, -0.1) is 0 Å². The molecule has 0 aliphatic carbocycles. The van der Waals surface area contributed by atoms with Gasteiger partial charge >= 0.3 is 0 Å². The highest BCUT2D eigenvalue weighted by molar-refractivity contribution is 6.30. The number of carbonyl (C=O) groups excluding carboxylic acids is 1. The van der Waals surface area contributed by atoms with Gasteiger partial charge in [0.25, 0.3) is 5.91 Å². The van der Waals surface area contributed by atoms with E-state index in [1.54, 1.807) is 66.6 Å². The standard InChI is InChI=1S/C29H30ClN3O5/c1-4-36-27-12-6-20(14-28(27)37-5-2)17-33-18-24(16-31-33)32-29(34)21-7-13-26(35-3)22(15-21)19-38-25-10-8-23(30)9-11-25/h6-16,18H,4-5,17,19H2,1-3H3,(H,32,34). The molecule has 8 nitrogen and oxygen atoms in total. The van der Waals surface area contributed by atoms with Crippen molar-refractivity contribution in [2.45, 2.75) is 27.0 Å². The van der Waals surface area contributed by atoms with Crippen LogP contribution in [-0.4, -0.2) is 36.0 Å². The third-order valence-electron chi connectivity index (χ3n) is 5.59. The van der Waals surface area contributed by atoms with Crippen LogP contribution in [0.25, 0.3) is 0 Å². The highest BCUT2D eigenvalue weighted by Gasteiger charge is 2.13. The van der Waals surface area contributed by atoms with Gasteiger partial charge in [0.2, 0.25) is 0 Å². The minimum atomic E-state index is -0.264. The number of carbonyl (C=O) groups is 1. The normalized spacial score (nSPS) is 10.6. The average Bonchev–Trinajstić information content (AvgIpc) is 3.36. The summed E-state index contributed by atoms with van der Waals surface area (Å²) in [5.41, 5.74) is 2.80. The summed E-state index contributed by atoms with van der Waals surface area (Å²) in [5.74, 6) is 2.44. The second kappa shape index (κ2) is 12.9. The molecule has 0 spiro atoms. The summed E-state index contributed by atoms with van der Waals surface area (Å²) in [7, 11) is 1.58. The van der Waals surface area contributed by atoms with Crippen LogP contribution < -0.4 is 24.3 Å². The zero-order chi connectivity index (χ0) is 26.9. The van der Waals surface area contributed by atoms with Crippen molar-refractivity contribution in [1.82, 2.24) is 9.78 Å². The van der Waals surface area contributed by atoms with Gasteiger partial charge in [-0.1, -0.05) is 17.7 Å². The number of nitrogens with zero attached hydrogens (tertiary/aromatic N) is 2. The number of benzene rings is 3. The summed E-state index contributed by atoms with van der Waals surface area (Å²) in [6, 6.07) is 18.1. The molecule has 1 N–H and O–H groups in total. The molecule has 38 heavy (non-hydrogen) atoms. The highest BCUT2D eigenvalue weighted by Crippen LogP contribution is 2.29. The average molecular weight is 536 g/mol. The van der Waals surface area contributed by atoms with Crippen LogP contribution in [0.15, 0.2) is 73.1 Å². The number of aromatic nitrogens is 2. The minimum absolute atomic E-state index is 0.232. The van der Waals surface area contributed by atoms with E-state index in [1.807, 2.05) is 32.0 Å². The van der Waals surface area contributed by atoms with E-state index in [4.69, 9.17) is 30.5 Å². The van der Waals surface area contributed by atoms with Gasteiger partial charge in [0.15, 0.2) is 11.5 Å². The molecule has 0 unspecified atom stereocenters. The number of hydrogen-bond donors (Lipinski definition) is 1. The van der Waals surface area contributed by atoms with E-state index >= 15 is 0 Å². The fourth-order valence-corrected chi connectivity index (χ4v) is 3.95. The van der Waals surface area contributed by atoms with Crippen LogP contribution in [0.3, 0.4) is 0 Å². The number of rotatable bonds is 12. The number of methoxy groups -OCH3 is 1. The monoisotopic (exact) mass is 535 g/mol. The molecule has 9 heteroatoms. The molecular formula is C29H30ClN3O5. The number of halogens is 1.